The Kier molecular flexibility index (Phi) is 6.51. The van der Waals surface area contributed by atoms with Crippen LogP contribution in [-0.2, 0) is 32.5 Å². The summed E-state index contributed by atoms with van der Waals surface area (Å²) in [6.07, 6.45) is 0.480. The lowest BCUT2D eigenvalue weighted by Crippen LogP contribution is -2.09. The van der Waals surface area contributed by atoms with Crippen molar-refractivity contribution >= 4 is 24.5 Å². The van der Waals surface area contributed by atoms with Gasteiger partial charge in [0.2, 0.25) is 0 Å². The number of rotatable bonds is 7. The van der Waals surface area contributed by atoms with Gasteiger partial charge in [-0.1, -0.05) is 12.6 Å². The summed E-state index contributed by atoms with van der Waals surface area (Å²) in [7, 11) is 1.51. The number of methoxy groups -OCH3 is 1. The number of ether oxygens (including phenoxy) is 2. The van der Waals surface area contributed by atoms with Crippen LogP contribution in [0.4, 0.5) is 0 Å². The summed E-state index contributed by atoms with van der Waals surface area (Å²) in [5, 5.41) is 0. The van der Waals surface area contributed by atoms with Gasteiger partial charge in [0, 0.05) is 11.6 Å². The fraction of sp³-hybridized carbons (Fsp3) is 0.308. The van der Waals surface area contributed by atoms with Crippen molar-refractivity contribution in [1.82, 2.24) is 0 Å². The average Bonchev–Trinajstić information content (AvgIpc) is 2.43. The van der Waals surface area contributed by atoms with Crippen molar-refractivity contribution in [1.29, 1.82) is 0 Å². The molecule has 8 heteroatoms. The summed E-state index contributed by atoms with van der Waals surface area (Å²) in [5.41, 5.74) is 1.23. The van der Waals surface area contributed by atoms with Gasteiger partial charge in [0.05, 0.1) is 13.7 Å². The molecular formula is C13H17O6PS. The number of hydrogen-bond donors (Lipinski definition) is 2. The molecule has 116 valence electrons. The molecule has 0 aliphatic rings. The molecule has 0 spiro atoms. The van der Waals surface area contributed by atoms with Crippen molar-refractivity contribution in [2.75, 3.05) is 7.11 Å². The highest BCUT2D eigenvalue weighted by molar-refractivity contribution is 8.06. The van der Waals surface area contributed by atoms with Gasteiger partial charge < -0.3 is 23.8 Å². The first-order chi connectivity index (χ1) is 9.76. The zero-order chi connectivity index (χ0) is 16.0. The number of hydrogen-bond acceptors (Lipinski definition) is 5. The van der Waals surface area contributed by atoms with Crippen LogP contribution in [0.15, 0.2) is 30.9 Å². The maximum absolute atomic E-state index is 11.3. The normalized spacial score (nSPS) is 12.6. The van der Waals surface area contributed by atoms with E-state index in [1.807, 2.05) is 0 Å². The average molecular weight is 332 g/mol. The molecule has 1 aromatic rings. The van der Waals surface area contributed by atoms with Gasteiger partial charge in [-0.25, -0.2) is 4.79 Å². The van der Waals surface area contributed by atoms with Gasteiger partial charge in [-0.05, 0) is 36.4 Å². The molecule has 2 N–H and O–H groups in total. The van der Waals surface area contributed by atoms with Gasteiger partial charge in [0.15, 0.2) is 0 Å². The Morgan fingerprint density at radius 2 is 2.19 bits per heavy atom. The van der Waals surface area contributed by atoms with Gasteiger partial charge in [-0.2, -0.15) is 0 Å². The van der Waals surface area contributed by atoms with Crippen molar-refractivity contribution in [2.45, 2.75) is 19.6 Å². The lowest BCUT2D eigenvalue weighted by atomic mass is 10.0. The Labute approximate surface area is 128 Å². The topological polar surface area (TPSA) is 85.2 Å². The third-order valence-electron chi connectivity index (χ3n) is 2.64. The van der Waals surface area contributed by atoms with Crippen LogP contribution >= 0.6 is 6.72 Å². The lowest BCUT2D eigenvalue weighted by molar-refractivity contribution is -0.142. The Bertz CT molecular complexity index is 568. The monoisotopic (exact) mass is 332 g/mol. The molecule has 0 aliphatic carbocycles. The molecule has 6 nitrogen and oxygen atoms in total. The quantitative estimate of drug-likeness (QED) is 0.450. The van der Waals surface area contributed by atoms with Crippen molar-refractivity contribution in [3.8, 4) is 5.75 Å². The van der Waals surface area contributed by atoms with E-state index < -0.39 is 18.8 Å². The van der Waals surface area contributed by atoms with Crippen LogP contribution in [0.3, 0.4) is 0 Å². The van der Waals surface area contributed by atoms with Crippen LogP contribution < -0.4 is 4.74 Å². The largest absolute Gasteiger partial charge is 0.497 e. The molecule has 0 saturated heterocycles. The molecule has 0 aliphatic heterocycles. The highest BCUT2D eigenvalue weighted by Crippen LogP contribution is 2.38. The molecule has 0 fully saturated rings. The van der Waals surface area contributed by atoms with E-state index >= 15 is 0 Å². The Hall–Kier alpha value is -1.24. The molecular weight excluding hydrogens is 315 g/mol. The molecule has 0 bridgehead atoms. The van der Waals surface area contributed by atoms with E-state index in [9.17, 15) is 4.79 Å². The second kappa shape index (κ2) is 7.68. The molecule has 1 aromatic carbocycles. The number of carbonyl (C=O) groups is 1. The molecule has 0 aromatic heterocycles. The van der Waals surface area contributed by atoms with E-state index in [1.54, 1.807) is 25.1 Å². The zero-order valence-corrected chi connectivity index (χ0v) is 13.4. The third kappa shape index (κ3) is 5.95. The van der Waals surface area contributed by atoms with E-state index in [2.05, 4.69) is 18.4 Å². The van der Waals surface area contributed by atoms with Gasteiger partial charge in [0.1, 0.15) is 11.9 Å². The van der Waals surface area contributed by atoms with Crippen LogP contribution in [0.5, 0.6) is 5.75 Å². The Morgan fingerprint density at radius 1 is 1.52 bits per heavy atom. The summed E-state index contributed by atoms with van der Waals surface area (Å²) >= 11 is 4.41. The Morgan fingerprint density at radius 3 is 2.71 bits per heavy atom. The minimum absolute atomic E-state index is 0.112. The van der Waals surface area contributed by atoms with E-state index in [-0.39, 0.29) is 6.61 Å². The third-order valence-corrected chi connectivity index (χ3v) is 3.42. The van der Waals surface area contributed by atoms with Crippen molar-refractivity contribution in [2.24, 2.45) is 0 Å². The van der Waals surface area contributed by atoms with Gasteiger partial charge >= 0.3 is 12.7 Å². The van der Waals surface area contributed by atoms with Crippen LogP contribution in [0.25, 0.3) is 0 Å². The standard InChI is InChI=1S/C13H17O6PS/c1-4-13(14)19-9(2)12-7-11(17-3)6-5-10(12)8-18-20(15,16)21/h4-7,9H,1,8H2,2-3H3,(H2,15,16,21). The minimum atomic E-state index is -3.76. The van der Waals surface area contributed by atoms with E-state index in [0.717, 1.165) is 6.08 Å². The lowest BCUT2D eigenvalue weighted by Gasteiger charge is -2.18. The summed E-state index contributed by atoms with van der Waals surface area (Å²) in [6.45, 7) is 1.14. The molecule has 1 rings (SSSR count). The molecule has 1 unspecified atom stereocenters. The number of benzene rings is 1. The predicted molar refractivity (Wildman–Crippen MR) is 81.2 cm³/mol. The van der Waals surface area contributed by atoms with Crippen LogP contribution in [0.2, 0.25) is 0 Å². The summed E-state index contributed by atoms with van der Waals surface area (Å²) < 4.78 is 15.1. The Balaban J connectivity index is 3.03. The molecule has 0 amide bonds. The van der Waals surface area contributed by atoms with E-state index in [4.69, 9.17) is 23.8 Å². The minimum Gasteiger partial charge on any atom is -0.497 e. The highest BCUT2D eigenvalue weighted by Gasteiger charge is 2.17. The second-order valence-corrected chi connectivity index (χ2v) is 6.78. The summed E-state index contributed by atoms with van der Waals surface area (Å²) in [5.74, 6) is 0.00861. The van der Waals surface area contributed by atoms with Crippen LogP contribution in [0, 0.1) is 0 Å². The summed E-state index contributed by atoms with van der Waals surface area (Å²) in [4.78, 5) is 29.5. The van der Waals surface area contributed by atoms with Crippen LogP contribution in [0.1, 0.15) is 24.2 Å². The molecule has 0 saturated carbocycles. The zero-order valence-electron chi connectivity index (χ0n) is 11.7. The number of carbonyl (C=O) groups excluding carboxylic acids is 1. The fourth-order valence-corrected chi connectivity index (χ4v) is 2.11. The first-order valence-electron chi connectivity index (χ1n) is 5.96. The van der Waals surface area contributed by atoms with Gasteiger partial charge in [-0.15, -0.1) is 0 Å². The van der Waals surface area contributed by atoms with Crippen molar-refractivity contribution in [3.63, 3.8) is 0 Å². The predicted octanol–water partition coefficient (Wildman–Crippen LogP) is 2.21. The molecule has 0 heterocycles. The van der Waals surface area contributed by atoms with E-state index in [0.29, 0.717) is 16.9 Å². The fourth-order valence-electron chi connectivity index (χ4n) is 1.65. The SMILES string of the molecule is C=CC(=O)OC(C)c1cc(OC)ccc1COP(O)(O)=S. The van der Waals surface area contributed by atoms with E-state index in [1.165, 1.54) is 7.11 Å². The molecule has 21 heavy (non-hydrogen) atoms. The van der Waals surface area contributed by atoms with Crippen LogP contribution in [-0.4, -0.2) is 22.9 Å². The maximum Gasteiger partial charge on any atom is 0.330 e. The molecule has 0 radical (unpaired) electrons. The van der Waals surface area contributed by atoms with Gasteiger partial charge in [-0.3, -0.25) is 0 Å². The first-order valence-corrected chi connectivity index (χ1v) is 8.59. The molecule has 1 atom stereocenters. The summed E-state index contributed by atoms with van der Waals surface area (Å²) in [6, 6.07) is 5.04. The van der Waals surface area contributed by atoms with Crippen molar-refractivity contribution < 1.29 is 28.6 Å². The smallest absolute Gasteiger partial charge is 0.330 e. The second-order valence-electron chi connectivity index (χ2n) is 4.11. The number of esters is 1. The first kappa shape index (κ1) is 17.8. The van der Waals surface area contributed by atoms with Crippen molar-refractivity contribution in [3.05, 3.63) is 42.0 Å². The maximum atomic E-state index is 11.3. The highest BCUT2D eigenvalue weighted by atomic mass is 32.5. The van der Waals surface area contributed by atoms with Gasteiger partial charge in [0.25, 0.3) is 0 Å².